The second-order valence-corrected chi connectivity index (χ2v) is 11.7. The maximum atomic E-state index is 12.5. The van der Waals surface area contributed by atoms with Gasteiger partial charge in [0.05, 0.1) is 28.2 Å². The van der Waals surface area contributed by atoms with Crippen molar-refractivity contribution in [1.82, 2.24) is 0 Å². The average Bonchev–Trinajstić information content (AvgIpc) is 2.78. The maximum absolute atomic E-state index is 12.5. The molecule has 0 radical (unpaired) electrons. The fourth-order valence-electron chi connectivity index (χ4n) is 5.21. The molecule has 0 aromatic heterocycles. The van der Waals surface area contributed by atoms with E-state index in [1.54, 1.807) is 0 Å². The van der Waals surface area contributed by atoms with E-state index in [4.69, 9.17) is 9.31 Å². The zero-order chi connectivity index (χ0) is 28.4. The fraction of sp³-hybridized carbons (Fsp3) is 0.333. The predicted molar refractivity (Wildman–Crippen MR) is 161 cm³/mol. The highest BCUT2D eigenvalue weighted by atomic mass is 16.7. The standard InChI is InChI=1S/C29H30BO3.C4H12N/c1-17-12-19(3)26(20(4)13-17)25-16-23-10-8-9-11-24(23)29(33-30(31)32-7)28(25)27-21(5)14-18(2)15-22(27)6;1-5(2,3)4/h8-16H,1-7H3;1-4H3/q-1;+1. The highest BCUT2D eigenvalue weighted by molar-refractivity contribution is 6.34. The molecule has 0 unspecified atom stereocenters. The van der Waals surface area contributed by atoms with E-state index >= 15 is 0 Å². The fourth-order valence-corrected chi connectivity index (χ4v) is 5.21. The minimum absolute atomic E-state index is 0.569. The molecule has 0 amide bonds. The summed E-state index contributed by atoms with van der Waals surface area (Å²) in [4.78, 5) is 0. The van der Waals surface area contributed by atoms with Crippen molar-refractivity contribution in [2.45, 2.75) is 41.5 Å². The van der Waals surface area contributed by atoms with Gasteiger partial charge in [0, 0.05) is 18.1 Å². The molecule has 4 aromatic rings. The summed E-state index contributed by atoms with van der Waals surface area (Å²) in [5.41, 5.74) is 11.4. The Kier molecular flexibility index (Phi) is 9.09. The lowest BCUT2D eigenvalue weighted by Crippen LogP contribution is -2.40. The van der Waals surface area contributed by atoms with Crippen molar-refractivity contribution in [3.05, 3.63) is 88.0 Å². The van der Waals surface area contributed by atoms with Crippen LogP contribution >= 0.6 is 0 Å². The van der Waals surface area contributed by atoms with Crippen LogP contribution in [0.3, 0.4) is 0 Å². The number of quaternary nitrogens is 1. The maximum Gasteiger partial charge on any atom is 0.418 e. The monoisotopic (exact) mass is 511 g/mol. The average molecular weight is 512 g/mol. The van der Waals surface area contributed by atoms with Gasteiger partial charge in [0.25, 0.3) is 0 Å². The molecule has 0 atom stereocenters. The van der Waals surface area contributed by atoms with Crippen molar-refractivity contribution in [2.24, 2.45) is 0 Å². The van der Waals surface area contributed by atoms with E-state index in [-0.39, 0.29) is 0 Å². The first-order chi connectivity index (χ1) is 17.7. The molecule has 5 heteroatoms. The molecule has 0 aliphatic carbocycles. The minimum atomic E-state index is -1.62. The number of hydrogen-bond acceptors (Lipinski definition) is 3. The van der Waals surface area contributed by atoms with E-state index in [1.165, 1.54) is 34.9 Å². The van der Waals surface area contributed by atoms with Gasteiger partial charge in [-0.1, -0.05) is 59.7 Å². The third-order valence-corrected chi connectivity index (χ3v) is 6.28. The number of aryl methyl sites for hydroxylation is 6. The SMILES string of the molecule is COB([O-])Oc1c(-c2c(C)cc(C)cc2C)c(-c2c(C)cc(C)cc2C)cc2ccccc12.C[N+](C)(C)C. The molecular weight excluding hydrogens is 469 g/mol. The van der Waals surface area contributed by atoms with Crippen LogP contribution in [-0.4, -0.2) is 47.1 Å². The molecule has 38 heavy (non-hydrogen) atoms. The molecule has 4 rings (SSSR count). The lowest BCUT2D eigenvalue weighted by atomic mass is 9.83. The lowest BCUT2D eigenvalue weighted by Gasteiger charge is -2.27. The first kappa shape index (κ1) is 29.4. The lowest BCUT2D eigenvalue weighted by molar-refractivity contribution is -0.849. The van der Waals surface area contributed by atoms with Crippen LogP contribution in [0.1, 0.15) is 33.4 Å². The molecule has 0 saturated carbocycles. The van der Waals surface area contributed by atoms with E-state index in [9.17, 15) is 5.02 Å². The summed E-state index contributed by atoms with van der Waals surface area (Å²) in [5, 5.41) is 14.4. The van der Waals surface area contributed by atoms with Gasteiger partial charge in [0.2, 0.25) is 0 Å². The summed E-state index contributed by atoms with van der Waals surface area (Å²) in [6.07, 6.45) is 0. The number of nitrogens with zero attached hydrogens (tertiary/aromatic N) is 1. The summed E-state index contributed by atoms with van der Waals surface area (Å²) < 4.78 is 12.0. The first-order valence-corrected chi connectivity index (χ1v) is 13.1. The van der Waals surface area contributed by atoms with Gasteiger partial charge >= 0.3 is 7.32 Å². The van der Waals surface area contributed by atoms with Crippen LogP contribution in [0.2, 0.25) is 0 Å². The molecule has 200 valence electrons. The van der Waals surface area contributed by atoms with E-state index in [0.29, 0.717) is 5.75 Å². The topological polar surface area (TPSA) is 41.5 Å². The van der Waals surface area contributed by atoms with Crippen LogP contribution in [0, 0.1) is 41.5 Å². The molecule has 0 heterocycles. The van der Waals surface area contributed by atoms with E-state index in [2.05, 4.69) is 106 Å². The molecular formula is C33H42BNO3. The van der Waals surface area contributed by atoms with E-state index in [0.717, 1.165) is 43.1 Å². The van der Waals surface area contributed by atoms with Crippen molar-refractivity contribution < 1.29 is 18.8 Å². The summed E-state index contributed by atoms with van der Waals surface area (Å²) in [7, 11) is 8.26. The zero-order valence-electron chi connectivity index (χ0n) is 24.9. The smallest absolute Gasteiger partial charge is 0.418 e. The molecule has 0 aliphatic rings. The number of benzene rings is 4. The Morgan fingerprint density at radius 3 is 1.58 bits per heavy atom. The van der Waals surface area contributed by atoms with Crippen LogP contribution in [0.5, 0.6) is 5.75 Å². The normalized spacial score (nSPS) is 11.3. The van der Waals surface area contributed by atoms with Crippen LogP contribution in [-0.2, 0) is 4.65 Å². The van der Waals surface area contributed by atoms with Crippen molar-refractivity contribution in [3.63, 3.8) is 0 Å². The summed E-state index contributed by atoms with van der Waals surface area (Å²) in [6.45, 7) is 12.8. The van der Waals surface area contributed by atoms with E-state index < -0.39 is 7.32 Å². The quantitative estimate of drug-likeness (QED) is 0.221. The highest BCUT2D eigenvalue weighted by Gasteiger charge is 2.23. The first-order valence-electron chi connectivity index (χ1n) is 13.1. The molecule has 0 fully saturated rings. The Hall–Kier alpha value is -3.12. The van der Waals surface area contributed by atoms with Crippen LogP contribution in [0.15, 0.2) is 54.6 Å². The Morgan fingerprint density at radius 2 is 1.11 bits per heavy atom. The Bertz CT molecular complexity index is 1400. The van der Waals surface area contributed by atoms with Gasteiger partial charge in [0.1, 0.15) is 5.75 Å². The Labute approximate surface area is 229 Å². The molecule has 4 aromatic carbocycles. The van der Waals surface area contributed by atoms with Crippen LogP contribution < -0.4 is 9.68 Å². The molecule has 4 nitrogen and oxygen atoms in total. The predicted octanol–water partition coefficient (Wildman–Crippen LogP) is 6.72. The number of hydrogen-bond donors (Lipinski definition) is 0. The van der Waals surface area contributed by atoms with Crippen molar-refractivity contribution >= 4 is 18.1 Å². The van der Waals surface area contributed by atoms with Gasteiger partial charge in [-0.25, -0.2) is 0 Å². The van der Waals surface area contributed by atoms with Gasteiger partial charge in [-0.05, 0) is 91.9 Å². The zero-order valence-corrected chi connectivity index (χ0v) is 24.9. The van der Waals surface area contributed by atoms with Gasteiger partial charge in [-0.15, -0.1) is 0 Å². The molecule has 0 bridgehead atoms. The van der Waals surface area contributed by atoms with E-state index in [1.807, 2.05) is 18.2 Å². The second-order valence-electron chi connectivity index (χ2n) is 11.7. The van der Waals surface area contributed by atoms with Crippen molar-refractivity contribution in [2.75, 3.05) is 35.3 Å². The molecule has 0 aliphatic heterocycles. The highest BCUT2D eigenvalue weighted by Crippen LogP contribution is 2.48. The van der Waals surface area contributed by atoms with Crippen molar-refractivity contribution in [1.29, 1.82) is 0 Å². The molecule has 0 saturated heterocycles. The van der Waals surface area contributed by atoms with Gasteiger partial charge < -0.3 is 18.8 Å². The molecule has 0 spiro atoms. The largest absolute Gasteiger partial charge is 0.820 e. The van der Waals surface area contributed by atoms with Crippen molar-refractivity contribution in [3.8, 4) is 28.0 Å². The van der Waals surface area contributed by atoms with Crippen LogP contribution in [0.25, 0.3) is 33.0 Å². The summed E-state index contributed by atoms with van der Waals surface area (Å²) >= 11 is 0. The molecule has 0 N–H and O–H groups in total. The van der Waals surface area contributed by atoms with Gasteiger partial charge in [-0.3, -0.25) is 0 Å². The number of fused-ring (bicyclic) bond motifs is 1. The van der Waals surface area contributed by atoms with Gasteiger partial charge in [-0.2, -0.15) is 0 Å². The third kappa shape index (κ3) is 6.85. The number of rotatable bonds is 5. The Morgan fingerprint density at radius 1 is 0.658 bits per heavy atom. The minimum Gasteiger partial charge on any atom is -0.820 e. The van der Waals surface area contributed by atoms with Gasteiger partial charge in [0.15, 0.2) is 0 Å². The second kappa shape index (κ2) is 11.7. The third-order valence-electron chi connectivity index (χ3n) is 6.28. The van der Waals surface area contributed by atoms with Crippen LogP contribution in [0.4, 0.5) is 0 Å². The summed E-state index contributed by atoms with van der Waals surface area (Å²) in [5.74, 6) is 0.569. The summed E-state index contributed by atoms with van der Waals surface area (Å²) in [6, 6.07) is 19.1. The Balaban J connectivity index is 0.000000732.